The fourth-order valence-corrected chi connectivity index (χ4v) is 2.77. The van der Waals surface area contributed by atoms with E-state index in [0.29, 0.717) is 6.04 Å². The van der Waals surface area contributed by atoms with Crippen molar-refractivity contribution in [1.29, 1.82) is 0 Å². The molecule has 4 nitrogen and oxygen atoms in total. The van der Waals surface area contributed by atoms with Crippen LogP contribution in [-0.4, -0.2) is 23.2 Å². The smallest absolute Gasteiger partial charge is 0.228 e. The van der Waals surface area contributed by atoms with E-state index >= 15 is 0 Å². The molecular weight excluding hydrogens is 270 g/mol. The lowest BCUT2D eigenvalue weighted by Gasteiger charge is -2.11. The van der Waals surface area contributed by atoms with Crippen molar-refractivity contribution in [3.8, 4) is 0 Å². The number of thioether (sulfide) groups is 1. The van der Waals surface area contributed by atoms with Gasteiger partial charge in [0, 0.05) is 17.4 Å². The lowest BCUT2D eigenvalue weighted by atomic mass is 10.1. The average molecular weight is 291 g/mol. The zero-order chi connectivity index (χ0) is 14.2. The molecule has 1 heterocycles. The molecule has 20 heavy (non-hydrogen) atoms. The van der Waals surface area contributed by atoms with E-state index in [-0.39, 0.29) is 0 Å². The van der Waals surface area contributed by atoms with Crippen LogP contribution in [0.3, 0.4) is 0 Å². The lowest BCUT2D eigenvalue weighted by molar-refractivity contribution is 0.353. The van der Waals surface area contributed by atoms with E-state index in [1.54, 1.807) is 11.8 Å². The number of rotatable bonds is 8. The molecule has 0 saturated carbocycles. The van der Waals surface area contributed by atoms with Gasteiger partial charge in [0.25, 0.3) is 0 Å². The third-order valence-corrected chi connectivity index (χ3v) is 4.10. The molecule has 1 unspecified atom stereocenters. The van der Waals surface area contributed by atoms with E-state index in [1.165, 1.54) is 4.90 Å². The Morgan fingerprint density at radius 2 is 2.10 bits per heavy atom. The molecule has 0 radical (unpaired) electrons. The van der Waals surface area contributed by atoms with E-state index in [2.05, 4.69) is 34.5 Å². The maximum absolute atomic E-state index is 5.32. The van der Waals surface area contributed by atoms with Gasteiger partial charge < -0.3 is 9.84 Å². The molecule has 0 aliphatic carbocycles. The number of nitrogens with one attached hydrogen (secondary N) is 1. The Morgan fingerprint density at radius 1 is 1.30 bits per heavy atom. The van der Waals surface area contributed by atoms with Crippen LogP contribution in [0, 0.1) is 0 Å². The molecule has 0 spiro atoms. The van der Waals surface area contributed by atoms with Crippen LogP contribution in [0.25, 0.3) is 0 Å². The molecule has 2 aromatic rings. The number of benzene rings is 1. The van der Waals surface area contributed by atoms with Gasteiger partial charge in [-0.1, -0.05) is 36.7 Å². The van der Waals surface area contributed by atoms with E-state index in [4.69, 9.17) is 4.52 Å². The minimum absolute atomic E-state index is 0.412. The van der Waals surface area contributed by atoms with Crippen LogP contribution in [0.15, 0.2) is 39.8 Å². The van der Waals surface area contributed by atoms with E-state index < -0.39 is 0 Å². The highest BCUT2D eigenvalue weighted by atomic mass is 32.2. The van der Waals surface area contributed by atoms with Gasteiger partial charge in [0.1, 0.15) is 0 Å². The Hall–Kier alpha value is -1.33. The van der Waals surface area contributed by atoms with Crippen molar-refractivity contribution in [1.82, 2.24) is 15.5 Å². The predicted molar refractivity (Wildman–Crippen MR) is 81.8 cm³/mol. The Balaban J connectivity index is 1.85. The van der Waals surface area contributed by atoms with Crippen molar-refractivity contribution >= 4 is 11.8 Å². The zero-order valence-electron chi connectivity index (χ0n) is 12.0. The Bertz CT molecular complexity index is 501. The van der Waals surface area contributed by atoms with Gasteiger partial charge in [-0.25, -0.2) is 0 Å². The molecule has 0 bridgehead atoms. The van der Waals surface area contributed by atoms with Crippen LogP contribution in [0.1, 0.15) is 31.5 Å². The lowest BCUT2D eigenvalue weighted by Crippen LogP contribution is -2.27. The largest absolute Gasteiger partial charge is 0.339 e. The normalized spacial score (nSPS) is 12.5. The van der Waals surface area contributed by atoms with Gasteiger partial charge in [0.2, 0.25) is 5.89 Å². The third kappa shape index (κ3) is 4.65. The highest BCUT2D eigenvalue weighted by Crippen LogP contribution is 2.21. The zero-order valence-corrected chi connectivity index (χ0v) is 12.8. The molecule has 1 aromatic carbocycles. The van der Waals surface area contributed by atoms with Crippen molar-refractivity contribution in [3.05, 3.63) is 42.0 Å². The molecule has 0 amide bonds. The summed E-state index contributed by atoms with van der Waals surface area (Å²) in [6.45, 7) is 2.18. The molecule has 108 valence electrons. The molecule has 1 aromatic heterocycles. The van der Waals surface area contributed by atoms with Crippen molar-refractivity contribution in [2.24, 2.45) is 0 Å². The molecule has 0 aliphatic heterocycles. The van der Waals surface area contributed by atoms with E-state index in [0.717, 1.165) is 36.7 Å². The first kappa shape index (κ1) is 15.1. The van der Waals surface area contributed by atoms with Gasteiger partial charge in [-0.2, -0.15) is 4.98 Å². The minimum Gasteiger partial charge on any atom is -0.339 e. The number of likely N-dealkylation sites (N-methyl/N-ethyl adjacent to an activating group) is 1. The summed E-state index contributed by atoms with van der Waals surface area (Å²) in [6.07, 6.45) is 3.07. The first-order valence-electron chi connectivity index (χ1n) is 6.98. The summed E-state index contributed by atoms with van der Waals surface area (Å²) in [5, 5.41) is 7.33. The standard InChI is InChI=1S/C15H21N3OS/c1-3-7-12(16-2)10-15-17-14(18-19-15)11-20-13-8-5-4-6-9-13/h4-6,8-9,12,16H,3,7,10-11H2,1-2H3. The van der Waals surface area contributed by atoms with Gasteiger partial charge in [-0.3, -0.25) is 0 Å². The monoisotopic (exact) mass is 291 g/mol. The second kappa shape index (κ2) is 8.07. The Morgan fingerprint density at radius 3 is 2.80 bits per heavy atom. The van der Waals surface area contributed by atoms with Crippen molar-refractivity contribution in [3.63, 3.8) is 0 Å². The van der Waals surface area contributed by atoms with E-state index in [9.17, 15) is 0 Å². The Labute approximate surface area is 124 Å². The van der Waals surface area contributed by atoms with Crippen LogP contribution in [0.4, 0.5) is 0 Å². The number of hydrogen-bond acceptors (Lipinski definition) is 5. The van der Waals surface area contributed by atoms with E-state index in [1.807, 2.05) is 25.2 Å². The fourth-order valence-electron chi connectivity index (χ4n) is 2.00. The minimum atomic E-state index is 0.412. The molecule has 0 aliphatic rings. The molecular formula is C15H21N3OS. The second-order valence-electron chi connectivity index (χ2n) is 4.68. The van der Waals surface area contributed by atoms with Crippen LogP contribution in [0.2, 0.25) is 0 Å². The molecule has 1 N–H and O–H groups in total. The average Bonchev–Trinajstić information content (AvgIpc) is 2.93. The van der Waals surface area contributed by atoms with Crippen LogP contribution in [-0.2, 0) is 12.2 Å². The number of aromatic nitrogens is 2. The van der Waals surface area contributed by atoms with Crippen molar-refractivity contribution < 1.29 is 4.52 Å². The van der Waals surface area contributed by atoms with Crippen molar-refractivity contribution in [2.45, 2.75) is 42.9 Å². The second-order valence-corrected chi connectivity index (χ2v) is 5.73. The summed E-state index contributed by atoms with van der Waals surface area (Å²) in [5.41, 5.74) is 0. The summed E-state index contributed by atoms with van der Waals surface area (Å²) in [6, 6.07) is 10.7. The number of nitrogens with zero attached hydrogens (tertiary/aromatic N) is 2. The molecule has 1 atom stereocenters. The topological polar surface area (TPSA) is 51.0 Å². The maximum atomic E-state index is 5.32. The van der Waals surface area contributed by atoms with Crippen LogP contribution >= 0.6 is 11.8 Å². The predicted octanol–water partition coefficient (Wildman–Crippen LogP) is 3.29. The van der Waals surface area contributed by atoms with Gasteiger partial charge in [0.15, 0.2) is 5.82 Å². The van der Waals surface area contributed by atoms with Gasteiger partial charge >= 0.3 is 0 Å². The fraction of sp³-hybridized carbons (Fsp3) is 0.467. The summed E-state index contributed by atoms with van der Waals surface area (Å²) in [4.78, 5) is 5.68. The maximum Gasteiger partial charge on any atom is 0.228 e. The summed E-state index contributed by atoms with van der Waals surface area (Å²) in [5.74, 6) is 2.23. The van der Waals surface area contributed by atoms with Crippen LogP contribution < -0.4 is 5.32 Å². The molecule has 2 rings (SSSR count). The number of hydrogen-bond donors (Lipinski definition) is 1. The van der Waals surface area contributed by atoms with Crippen molar-refractivity contribution in [2.75, 3.05) is 7.05 Å². The summed E-state index contributed by atoms with van der Waals surface area (Å²) >= 11 is 1.72. The third-order valence-electron chi connectivity index (χ3n) is 3.09. The molecule has 5 heteroatoms. The quantitative estimate of drug-likeness (QED) is 0.756. The summed E-state index contributed by atoms with van der Waals surface area (Å²) in [7, 11) is 1.98. The van der Waals surface area contributed by atoms with Gasteiger partial charge in [-0.15, -0.1) is 11.8 Å². The highest BCUT2D eigenvalue weighted by Gasteiger charge is 2.12. The van der Waals surface area contributed by atoms with Crippen LogP contribution in [0.5, 0.6) is 0 Å². The van der Waals surface area contributed by atoms with Gasteiger partial charge in [-0.05, 0) is 25.6 Å². The first-order valence-corrected chi connectivity index (χ1v) is 7.97. The van der Waals surface area contributed by atoms with Gasteiger partial charge in [0.05, 0.1) is 5.75 Å². The summed E-state index contributed by atoms with van der Waals surface area (Å²) < 4.78 is 5.32. The molecule has 0 fully saturated rings. The molecule has 0 saturated heterocycles. The first-order chi connectivity index (χ1) is 9.81. The Kier molecular flexibility index (Phi) is 6.08. The highest BCUT2D eigenvalue weighted by molar-refractivity contribution is 7.98. The SMILES string of the molecule is CCCC(Cc1nc(CSc2ccccc2)no1)NC.